The molecule has 11 nitrogen and oxygen atoms in total. The highest BCUT2D eigenvalue weighted by molar-refractivity contribution is 7.89. The van der Waals surface area contributed by atoms with E-state index in [4.69, 9.17) is 0 Å². The molecule has 1 aromatic heterocycles. The van der Waals surface area contributed by atoms with Crippen molar-refractivity contribution < 1.29 is 23.1 Å². The molecule has 2 amide bonds. The molecule has 0 spiro atoms. The molecule has 3 atom stereocenters. The number of rotatable bonds is 7. The first-order valence-corrected chi connectivity index (χ1v) is 12.5. The quantitative estimate of drug-likeness (QED) is 0.506. The van der Waals surface area contributed by atoms with Crippen LogP contribution in [0.1, 0.15) is 44.5 Å². The Hall–Kier alpha value is -2.83. The molecular formula is C22H32N6O5S. The van der Waals surface area contributed by atoms with Gasteiger partial charge in [0, 0.05) is 20.0 Å². The van der Waals surface area contributed by atoms with Crippen molar-refractivity contribution >= 4 is 21.8 Å². The third kappa shape index (κ3) is 5.62. The van der Waals surface area contributed by atoms with Gasteiger partial charge >= 0.3 is 0 Å². The van der Waals surface area contributed by atoms with Crippen molar-refractivity contribution in [2.75, 3.05) is 13.6 Å². The monoisotopic (exact) mass is 492 g/mol. The van der Waals surface area contributed by atoms with Crippen LogP contribution in [0.5, 0.6) is 0 Å². The van der Waals surface area contributed by atoms with Crippen molar-refractivity contribution in [1.29, 1.82) is 0 Å². The SMILES string of the molecule is CNC(=O)[C@H]1CC(O)CN1C(=O)C(n1cc(CNS(=O)(=O)c2ccc(C)cc2)nn1)C(C)(C)C. The number of likely N-dealkylation sites (tertiary alicyclic amines) is 1. The first-order valence-electron chi connectivity index (χ1n) is 11.0. The number of β-amino-alcohol motifs (C(OH)–C–C–N with tert-alkyl or cyclic N) is 1. The second kappa shape index (κ2) is 9.80. The molecule has 34 heavy (non-hydrogen) atoms. The third-order valence-electron chi connectivity index (χ3n) is 5.76. The van der Waals surface area contributed by atoms with Gasteiger partial charge in [0.25, 0.3) is 0 Å². The lowest BCUT2D eigenvalue weighted by atomic mass is 9.85. The van der Waals surface area contributed by atoms with Gasteiger partial charge in [-0.05, 0) is 24.5 Å². The molecule has 0 bridgehead atoms. The number of hydrogen-bond acceptors (Lipinski definition) is 7. The van der Waals surface area contributed by atoms with Gasteiger partial charge in [0.1, 0.15) is 12.1 Å². The Labute approximate surface area is 199 Å². The lowest BCUT2D eigenvalue weighted by Crippen LogP contribution is -2.49. The lowest BCUT2D eigenvalue weighted by molar-refractivity contribution is -0.144. The fraction of sp³-hybridized carbons (Fsp3) is 0.545. The van der Waals surface area contributed by atoms with Crippen LogP contribution in [0.25, 0.3) is 0 Å². The predicted octanol–water partition coefficient (Wildman–Crippen LogP) is 0.360. The van der Waals surface area contributed by atoms with E-state index in [0.29, 0.717) is 5.69 Å². The highest BCUT2D eigenvalue weighted by Gasteiger charge is 2.45. The molecule has 2 unspecified atom stereocenters. The fourth-order valence-electron chi connectivity index (χ4n) is 4.00. The van der Waals surface area contributed by atoms with Gasteiger partial charge in [-0.1, -0.05) is 43.7 Å². The number of likely N-dealkylation sites (N-methyl/N-ethyl adjacent to an activating group) is 1. The molecule has 1 fully saturated rings. The summed E-state index contributed by atoms with van der Waals surface area (Å²) in [6, 6.07) is 4.88. The minimum Gasteiger partial charge on any atom is -0.391 e. The van der Waals surface area contributed by atoms with Gasteiger partial charge in [0.15, 0.2) is 0 Å². The number of aromatic nitrogens is 3. The number of nitrogens with zero attached hydrogens (tertiary/aromatic N) is 4. The molecule has 2 heterocycles. The zero-order valence-corrected chi connectivity index (χ0v) is 20.8. The first-order chi connectivity index (χ1) is 15.8. The standard InChI is InChI=1S/C22H32N6O5S/c1-14-6-8-17(9-7-14)34(32,33)24-11-15-12-28(26-25-15)19(22(2,3)4)21(31)27-13-16(29)10-18(27)20(30)23-5/h6-9,12,16,18-19,24,29H,10-11,13H2,1-5H3,(H,23,30)/t16?,18-,19?/m1/s1. The molecule has 0 saturated carbocycles. The number of aliphatic hydroxyl groups is 1. The van der Waals surface area contributed by atoms with Crippen molar-refractivity contribution in [3.8, 4) is 0 Å². The molecule has 0 aliphatic carbocycles. The minimum absolute atomic E-state index is 0.0431. The normalized spacial score (nSPS) is 19.8. The maximum absolute atomic E-state index is 13.5. The third-order valence-corrected chi connectivity index (χ3v) is 7.18. The summed E-state index contributed by atoms with van der Waals surface area (Å²) in [6.45, 7) is 7.38. The van der Waals surface area contributed by atoms with E-state index in [1.165, 1.54) is 35.0 Å². The van der Waals surface area contributed by atoms with Gasteiger partial charge in [0.05, 0.1) is 29.4 Å². The summed E-state index contributed by atoms with van der Waals surface area (Å²) < 4.78 is 29.0. The Morgan fingerprint density at radius 3 is 2.47 bits per heavy atom. The highest BCUT2D eigenvalue weighted by Crippen LogP contribution is 2.34. The van der Waals surface area contributed by atoms with Crippen LogP contribution in [0, 0.1) is 12.3 Å². The van der Waals surface area contributed by atoms with E-state index in [0.717, 1.165) is 5.56 Å². The molecule has 2 aromatic rings. The van der Waals surface area contributed by atoms with Crippen LogP contribution in [0.2, 0.25) is 0 Å². The molecule has 1 saturated heterocycles. The summed E-state index contributed by atoms with van der Waals surface area (Å²) in [5, 5.41) is 20.8. The van der Waals surface area contributed by atoms with E-state index < -0.39 is 33.6 Å². The summed E-state index contributed by atoms with van der Waals surface area (Å²) >= 11 is 0. The fourth-order valence-corrected chi connectivity index (χ4v) is 5.00. The summed E-state index contributed by atoms with van der Waals surface area (Å²) in [7, 11) is -2.26. The number of carbonyl (C=O) groups excluding carboxylic acids is 2. The maximum Gasteiger partial charge on any atom is 0.248 e. The number of benzene rings is 1. The maximum atomic E-state index is 13.5. The molecular weight excluding hydrogens is 460 g/mol. The van der Waals surface area contributed by atoms with Gasteiger partial charge in [-0.15, -0.1) is 5.10 Å². The van der Waals surface area contributed by atoms with Crippen molar-refractivity contribution in [3.63, 3.8) is 0 Å². The average Bonchev–Trinajstić information content (AvgIpc) is 3.38. The highest BCUT2D eigenvalue weighted by atomic mass is 32.2. The van der Waals surface area contributed by atoms with Crippen LogP contribution >= 0.6 is 0 Å². The zero-order valence-electron chi connectivity index (χ0n) is 20.0. The number of aliphatic hydroxyl groups excluding tert-OH is 1. The van der Waals surface area contributed by atoms with Crippen LogP contribution < -0.4 is 10.0 Å². The zero-order chi connectivity index (χ0) is 25.3. The van der Waals surface area contributed by atoms with E-state index in [1.54, 1.807) is 12.1 Å². The Morgan fingerprint density at radius 2 is 1.88 bits per heavy atom. The molecule has 186 valence electrons. The van der Waals surface area contributed by atoms with Gasteiger partial charge < -0.3 is 15.3 Å². The van der Waals surface area contributed by atoms with Crippen LogP contribution in [-0.2, 0) is 26.2 Å². The number of sulfonamides is 1. The number of aryl methyl sites for hydroxylation is 1. The Morgan fingerprint density at radius 1 is 1.24 bits per heavy atom. The molecule has 3 N–H and O–H groups in total. The molecule has 1 aliphatic rings. The van der Waals surface area contributed by atoms with Crippen molar-refractivity contribution in [1.82, 2.24) is 29.9 Å². The molecule has 1 aliphatic heterocycles. The Bertz CT molecular complexity index is 1140. The second-order valence-corrected chi connectivity index (χ2v) is 11.4. The molecule has 1 aromatic carbocycles. The van der Waals surface area contributed by atoms with Crippen molar-refractivity contribution in [2.45, 2.75) is 63.7 Å². The largest absolute Gasteiger partial charge is 0.391 e. The number of amides is 2. The van der Waals surface area contributed by atoms with Gasteiger partial charge in [-0.3, -0.25) is 9.59 Å². The smallest absolute Gasteiger partial charge is 0.248 e. The Balaban J connectivity index is 1.80. The second-order valence-electron chi connectivity index (χ2n) is 9.61. The van der Waals surface area contributed by atoms with Crippen LogP contribution in [0.3, 0.4) is 0 Å². The average molecular weight is 493 g/mol. The summed E-state index contributed by atoms with van der Waals surface area (Å²) in [6.07, 6.45) is 0.882. The first kappa shape index (κ1) is 25.8. The van der Waals surface area contributed by atoms with Crippen molar-refractivity contribution in [3.05, 3.63) is 41.7 Å². The molecule has 0 radical (unpaired) electrons. The summed E-state index contributed by atoms with van der Waals surface area (Å²) in [4.78, 5) is 27.3. The van der Waals surface area contributed by atoms with Gasteiger partial charge in [0.2, 0.25) is 21.8 Å². The minimum atomic E-state index is -3.74. The van der Waals surface area contributed by atoms with Crippen LogP contribution in [-0.4, -0.2) is 71.0 Å². The van der Waals surface area contributed by atoms with Crippen LogP contribution in [0.15, 0.2) is 35.4 Å². The van der Waals surface area contributed by atoms with E-state index >= 15 is 0 Å². The number of hydrogen-bond donors (Lipinski definition) is 3. The van der Waals surface area contributed by atoms with Gasteiger partial charge in [-0.2, -0.15) is 0 Å². The van der Waals surface area contributed by atoms with E-state index in [9.17, 15) is 23.1 Å². The summed E-state index contributed by atoms with van der Waals surface area (Å²) in [5.74, 6) is -0.711. The van der Waals surface area contributed by atoms with Gasteiger partial charge in [-0.25, -0.2) is 17.8 Å². The van der Waals surface area contributed by atoms with Crippen LogP contribution in [0.4, 0.5) is 0 Å². The molecule has 3 rings (SSSR count). The lowest BCUT2D eigenvalue weighted by Gasteiger charge is -2.34. The van der Waals surface area contributed by atoms with E-state index in [2.05, 4.69) is 20.4 Å². The number of carbonyl (C=O) groups is 2. The summed E-state index contributed by atoms with van der Waals surface area (Å²) in [5.41, 5.74) is 0.676. The Kier molecular flexibility index (Phi) is 7.44. The number of nitrogens with one attached hydrogen (secondary N) is 2. The predicted molar refractivity (Wildman–Crippen MR) is 124 cm³/mol. The molecule has 12 heteroatoms. The van der Waals surface area contributed by atoms with E-state index in [-0.39, 0.29) is 36.2 Å². The van der Waals surface area contributed by atoms with Crippen molar-refractivity contribution in [2.24, 2.45) is 5.41 Å². The topological polar surface area (TPSA) is 147 Å². The van der Waals surface area contributed by atoms with E-state index in [1.807, 2.05) is 27.7 Å².